The number of alkyl halides is 3. The Balaban J connectivity index is 1.93. The molecule has 0 radical (unpaired) electrons. The van der Waals surface area contributed by atoms with E-state index in [1.54, 1.807) is 0 Å². The highest BCUT2D eigenvalue weighted by molar-refractivity contribution is 9.10. The Bertz CT molecular complexity index is 790. The maximum atomic E-state index is 12.0. The number of ether oxygens (including phenoxy) is 1. The van der Waals surface area contributed by atoms with E-state index in [0.29, 0.717) is 5.69 Å². The summed E-state index contributed by atoms with van der Waals surface area (Å²) < 4.78 is 4.07. The van der Waals surface area contributed by atoms with Crippen molar-refractivity contribution in [2.45, 2.75) is 16.6 Å². The molecular weight excluding hydrogens is 497 g/mol. The molecule has 0 bridgehead atoms. The maximum Gasteiger partial charge on any atom is 0.409 e. The number of carbonyl (C=O) groups is 1. The van der Waals surface area contributed by atoms with Crippen LogP contribution in [0.15, 0.2) is 59.1 Å². The second-order valence-corrected chi connectivity index (χ2v) is 8.89. The van der Waals surface area contributed by atoms with Crippen molar-refractivity contribution in [1.29, 1.82) is 0 Å². The Labute approximate surface area is 185 Å². The summed E-state index contributed by atoms with van der Waals surface area (Å²) >= 11 is 26.4. The standard InChI is InChI=1S/C17H15BrCl3N3O2S/c18-12-8-4-5-9-13(12)22-15(27)23-14(17(19,20)21)24-16(25)26-10-11-6-2-1-3-7-11/h1-9,14H,10H2,(H,24,25)(H2,22,23,27)/t14-/m0/s1. The average Bonchev–Trinajstić information content (AvgIpc) is 2.61. The Morgan fingerprint density at radius 2 is 1.70 bits per heavy atom. The quantitative estimate of drug-likeness (QED) is 0.287. The number of carbonyl (C=O) groups excluding carboxylic acids is 1. The number of thiocarbonyl (C=S) groups is 1. The topological polar surface area (TPSA) is 62.4 Å². The van der Waals surface area contributed by atoms with Crippen molar-refractivity contribution in [2.24, 2.45) is 0 Å². The van der Waals surface area contributed by atoms with Gasteiger partial charge in [-0.2, -0.15) is 0 Å². The lowest BCUT2D eigenvalue weighted by Crippen LogP contribution is -2.56. The van der Waals surface area contributed by atoms with Gasteiger partial charge in [-0.25, -0.2) is 4.79 Å². The van der Waals surface area contributed by atoms with Crippen molar-refractivity contribution in [3.05, 3.63) is 64.6 Å². The molecule has 2 rings (SSSR count). The summed E-state index contributed by atoms with van der Waals surface area (Å²) in [5.41, 5.74) is 1.54. The predicted octanol–water partition coefficient (Wildman–Crippen LogP) is 5.36. The SMILES string of the molecule is O=C(N[C@H](NC(=S)Nc1ccccc1Br)C(Cl)(Cl)Cl)OCc1ccccc1. The van der Waals surface area contributed by atoms with Crippen molar-refractivity contribution >= 4 is 79.8 Å². The van der Waals surface area contributed by atoms with Gasteiger partial charge in [0.2, 0.25) is 3.79 Å². The first-order valence-electron chi connectivity index (χ1n) is 7.61. The lowest BCUT2D eigenvalue weighted by molar-refractivity contribution is 0.135. The van der Waals surface area contributed by atoms with E-state index in [9.17, 15) is 4.79 Å². The third kappa shape index (κ3) is 7.71. The monoisotopic (exact) mass is 509 g/mol. The molecule has 1 atom stereocenters. The van der Waals surface area contributed by atoms with Gasteiger partial charge in [-0.15, -0.1) is 0 Å². The smallest absolute Gasteiger partial charge is 0.409 e. The van der Waals surface area contributed by atoms with Crippen LogP contribution in [0, 0.1) is 0 Å². The van der Waals surface area contributed by atoms with Crippen LogP contribution in [0.2, 0.25) is 0 Å². The number of benzene rings is 2. The predicted molar refractivity (Wildman–Crippen MR) is 117 cm³/mol. The van der Waals surface area contributed by atoms with Crippen molar-refractivity contribution < 1.29 is 9.53 Å². The molecule has 5 nitrogen and oxygen atoms in total. The molecular formula is C17H15BrCl3N3O2S. The summed E-state index contributed by atoms with van der Waals surface area (Å²) in [6, 6.07) is 16.6. The molecule has 0 unspecified atom stereocenters. The van der Waals surface area contributed by atoms with Crippen molar-refractivity contribution in [3.63, 3.8) is 0 Å². The number of para-hydroxylation sites is 1. The van der Waals surface area contributed by atoms with Gasteiger partial charge in [0.1, 0.15) is 6.61 Å². The largest absolute Gasteiger partial charge is 0.445 e. The number of anilines is 1. The molecule has 27 heavy (non-hydrogen) atoms. The fourth-order valence-electron chi connectivity index (χ4n) is 1.93. The molecule has 0 fully saturated rings. The van der Waals surface area contributed by atoms with E-state index in [-0.39, 0.29) is 11.7 Å². The Kier molecular flexibility index (Phi) is 8.44. The van der Waals surface area contributed by atoms with Crippen LogP contribution in [0.25, 0.3) is 0 Å². The van der Waals surface area contributed by atoms with Crippen LogP contribution in [0.1, 0.15) is 5.56 Å². The minimum absolute atomic E-state index is 0.0823. The molecule has 2 aromatic carbocycles. The van der Waals surface area contributed by atoms with Crippen LogP contribution in [-0.2, 0) is 11.3 Å². The second-order valence-electron chi connectivity index (χ2n) is 5.26. The summed E-state index contributed by atoms with van der Waals surface area (Å²) in [5, 5.41) is 8.31. The zero-order chi connectivity index (χ0) is 19.9. The molecule has 0 aromatic heterocycles. The van der Waals surface area contributed by atoms with E-state index >= 15 is 0 Å². The summed E-state index contributed by atoms with van der Waals surface area (Å²) in [6.45, 7) is 0.0823. The molecule has 10 heteroatoms. The molecule has 0 saturated heterocycles. The highest BCUT2D eigenvalue weighted by Gasteiger charge is 2.35. The number of amides is 1. The molecule has 1 amide bonds. The van der Waals surface area contributed by atoms with Gasteiger partial charge in [0.05, 0.1) is 5.69 Å². The van der Waals surface area contributed by atoms with Crippen molar-refractivity contribution in [2.75, 3.05) is 5.32 Å². The van der Waals surface area contributed by atoms with Gasteiger partial charge < -0.3 is 15.4 Å². The molecule has 0 aliphatic carbocycles. The Morgan fingerprint density at radius 3 is 2.33 bits per heavy atom. The molecule has 0 aliphatic rings. The number of alkyl carbamates (subject to hydrolysis) is 1. The zero-order valence-corrected chi connectivity index (χ0v) is 18.4. The first-order chi connectivity index (χ1) is 12.8. The first kappa shape index (κ1) is 22.0. The van der Waals surface area contributed by atoms with Gasteiger partial charge in [-0.05, 0) is 45.8 Å². The van der Waals surface area contributed by atoms with Gasteiger partial charge in [0.15, 0.2) is 11.3 Å². The van der Waals surface area contributed by atoms with Crippen LogP contribution < -0.4 is 16.0 Å². The molecule has 0 spiro atoms. The molecule has 144 valence electrons. The van der Waals surface area contributed by atoms with E-state index in [0.717, 1.165) is 10.0 Å². The van der Waals surface area contributed by atoms with E-state index in [1.165, 1.54) is 0 Å². The number of hydrogen-bond donors (Lipinski definition) is 3. The van der Waals surface area contributed by atoms with E-state index in [2.05, 4.69) is 31.9 Å². The zero-order valence-electron chi connectivity index (χ0n) is 13.7. The van der Waals surface area contributed by atoms with Crippen LogP contribution in [0.4, 0.5) is 10.5 Å². The van der Waals surface area contributed by atoms with Crippen molar-refractivity contribution in [1.82, 2.24) is 10.6 Å². The van der Waals surface area contributed by atoms with Gasteiger partial charge >= 0.3 is 6.09 Å². The van der Waals surface area contributed by atoms with Gasteiger partial charge in [0, 0.05) is 4.47 Å². The van der Waals surface area contributed by atoms with Crippen LogP contribution in [-0.4, -0.2) is 21.2 Å². The minimum Gasteiger partial charge on any atom is -0.445 e. The lowest BCUT2D eigenvalue weighted by Gasteiger charge is -2.27. The number of rotatable bonds is 5. The minimum atomic E-state index is -1.87. The number of hydrogen-bond acceptors (Lipinski definition) is 3. The fourth-order valence-corrected chi connectivity index (χ4v) is 2.87. The summed E-state index contributed by atoms with van der Waals surface area (Å²) in [6.07, 6.45) is -1.88. The third-order valence-electron chi connectivity index (χ3n) is 3.20. The van der Waals surface area contributed by atoms with Gasteiger partial charge in [-0.1, -0.05) is 77.3 Å². The lowest BCUT2D eigenvalue weighted by atomic mass is 10.2. The van der Waals surface area contributed by atoms with Gasteiger partial charge in [0.25, 0.3) is 0 Å². The highest BCUT2D eigenvalue weighted by atomic mass is 79.9. The molecule has 2 aromatic rings. The molecule has 3 N–H and O–H groups in total. The van der Waals surface area contributed by atoms with Crippen molar-refractivity contribution in [3.8, 4) is 0 Å². The molecule has 0 saturated carbocycles. The van der Waals surface area contributed by atoms with E-state index in [4.69, 9.17) is 51.8 Å². The Hall–Kier alpha value is -1.25. The van der Waals surface area contributed by atoms with E-state index in [1.807, 2.05) is 54.6 Å². The van der Waals surface area contributed by atoms with Gasteiger partial charge in [-0.3, -0.25) is 5.32 Å². The van der Waals surface area contributed by atoms with E-state index < -0.39 is 16.1 Å². The first-order valence-corrected chi connectivity index (χ1v) is 9.95. The summed E-state index contributed by atoms with van der Waals surface area (Å²) in [4.78, 5) is 12.0. The maximum absolute atomic E-state index is 12.0. The third-order valence-corrected chi connectivity index (χ3v) is 4.77. The molecule has 0 heterocycles. The second kappa shape index (κ2) is 10.3. The normalized spacial score (nSPS) is 12.0. The average molecular weight is 512 g/mol. The highest BCUT2D eigenvalue weighted by Crippen LogP contribution is 2.29. The van der Waals surface area contributed by atoms with Crippen LogP contribution >= 0.6 is 63.0 Å². The van der Waals surface area contributed by atoms with Crippen LogP contribution in [0.3, 0.4) is 0 Å². The fraction of sp³-hybridized carbons (Fsp3) is 0.176. The van der Waals surface area contributed by atoms with Crippen LogP contribution in [0.5, 0.6) is 0 Å². The number of halogens is 4. The summed E-state index contributed by atoms with van der Waals surface area (Å²) in [7, 11) is 0. The summed E-state index contributed by atoms with van der Waals surface area (Å²) in [5.74, 6) is 0. The molecule has 0 aliphatic heterocycles. The number of nitrogens with one attached hydrogen (secondary N) is 3. The Morgan fingerprint density at radius 1 is 1.07 bits per heavy atom.